The maximum Gasteiger partial charge on any atom is 0.176 e. The second-order valence-corrected chi connectivity index (χ2v) is 7.31. The van der Waals surface area contributed by atoms with Crippen LogP contribution < -0.4 is 10.3 Å². The predicted molar refractivity (Wildman–Crippen MR) is 110 cm³/mol. The van der Waals surface area contributed by atoms with Crippen LogP contribution in [0.2, 0.25) is 5.02 Å². The van der Waals surface area contributed by atoms with Gasteiger partial charge < -0.3 is 4.84 Å². The van der Waals surface area contributed by atoms with E-state index in [1.54, 1.807) is 24.4 Å². The van der Waals surface area contributed by atoms with Crippen molar-refractivity contribution in [2.24, 2.45) is 5.92 Å². The van der Waals surface area contributed by atoms with E-state index in [9.17, 15) is 4.39 Å². The van der Waals surface area contributed by atoms with E-state index in [4.69, 9.17) is 16.4 Å². The third kappa shape index (κ3) is 4.54. The number of rotatable bonds is 6. The van der Waals surface area contributed by atoms with Crippen molar-refractivity contribution < 1.29 is 9.23 Å². The number of hydrogen-bond acceptors (Lipinski definition) is 2. The molecule has 3 rings (SSSR count). The molecule has 0 aromatic heterocycles. The van der Waals surface area contributed by atoms with Gasteiger partial charge in [-0.15, -0.1) is 6.58 Å². The zero-order chi connectivity index (χ0) is 19.2. The van der Waals surface area contributed by atoms with Gasteiger partial charge in [0, 0.05) is 11.8 Å². The summed E-state index contributed by atoms with van der Waals surface area (Å²) < 4.78 is 14.7. The molecule has 1 saturated carbocycles. The lowest BCUT2D eigenvalue weighted by molar-refractivity contribution is 0.242. The van der Waals surface area contributed by atoms with E-state index in [1.165, 1.54) is 31.2 Å². The highest BCUT2D eigenvalue weighted by Gasteiger charge is 2.21. The van der Waals surface area contributed by atoms with E-state index < -0.39 is 5.82 Å². The van der Waals surface area contributed by atoms with Gasteiger partial charge in [0.05, 0.1) is 0 Å². The number of nitrogens with one attached hydrogen (secondary N) is 1. The van der Waals surface area contributed by atoms with Crippen molar-refractivity contribution in [2.75, 3.05) is 0 Å². The van der Waals surface area contributed by atoms with Crippen LogP contribution in [0, 0.1) is 11.7 Å². The molecule has 0 atom stereocenters. The van der Waals surface area contributed by atoms with Crippen molar-refractivity contribution in [1.82, 2.24) is 5.48 Å². The molecule has 0 heterocycles. The van der Waals surface area contributed by atoms with Crippen molar-refractivity contribution >= 4 is 11.6 Å². The summed E-state index contributed by atoms with van der Waals surface area (Å²) in [4.78, 5) is 5.25. The van der Waals surface area contributed by atoms with Gasteiger partial charge in [-0.3, -0.25) is 0 Å². The second kappa shape index (κ2) is 9.09. The number of halogens is 2. The van der Waals surface area contributed by atoms with Crippen LogP contribution in [-0.2, 0) is 0 Å². The molecule has 2 aromatic carbocycles. The summed E-state index contributed by atoms with van der Waals surface area (Å²) >= 11 is 6.14. The van der Waals surface area contributed by atoms with E-state index in [0.717, 1.165) is 5.56 Å². The van der Waals surface area contributed by atoms with Crippen molar-refractivity contribution in [3.63, 3.8) is 0 Å². The highest BCUT2D eigenvalue weighted by atomic mass is 35.5. The van der Waals surface area contributed by atoms with Gasteiger partial charge in [-0.25, -0.2) is 9.87 Å². The van der Waals surface area contributed by atoms with Crippen LogP contribution in [0.4, 0.5) is 4.39 Å². The Hall–Kier alpha value is -2.26. The zero-order valence-electron chi connectivity index (χ0n) is 15.6. The lowest BCUT2D eigenvalue weighted by Crippen LogP contribution is -2.11. The SMILES string of the molecule is C=CC1CCC(c2ccc(-c3ccc(ONC=CC)c(Cl)c3F)cc2)CC1. The standard InChI is InChI=1S/C23H25ClFNO/c1-3-15-26-27-21-14-13-20(23(25)22(21)24)19-11-9-18(10-12-19)17-7-5-16(4-2)6-8-17/h3-4,9-17,26H,2,5-8H2,1H3. The highest BCUT2D eigenvalue weighted by molar-refractivity contribution is 6.32. The summed E-state index contributed by atoms with van der Waals surface area (Å²) in [6, 6.07) is 11.5. The largest absolute Gasteiger partial charge is 0.381 e. The second-order valence-electron chi connectivity index (χ2n) is 6.93. The molecule has 0 radical (unpaired) electrons. The molecule has 1 fully saturated rings. The first kappa shape index (κ1) is 19.5. The molecule has 4 heteroatoms. The molecular weight excluding hydrogens is 361 g/mol. The summed E-state index contributed by atoms with van der Waals surface area (Å²) in [5.74, 6) is 1.01. The first-order chi connectivity index (χ1) is 13.1. The van der Waals surface area contributed by atoms with Gasteiger partial charge in [0.2, 0.25) is 0 Å². The van der Waals surface area contributed by atoms with Crippen molar-refractivity contribution in [2.45, 2.75) is 38.5 Å². The molecule has 1 aliphatic carbocycles. The summed E-state index contributed by atoms with van der Waals surface area (Å²) in [6.45, 7) is 5.75. The zero-order valence-corrected chi connectivity index (χ0v) is 16.3. The monoisotopic (exact) mass is 385 g/mol. The van der Waals surface area contributed by atoms with Gasteiger partial charge in [0.1, 0.15) is 5.02 Å². The number of hydrogen-bond donors (Lipinski definition) is 1. The molecule has 0 unspecified atom stereocenters. The summed E-state index contributed by atoms with van der Waals surface area (Å²) in [5.41, 5.74) is 5.20. The van der Waals surface area contributed by atoms with E-state index in [2.05, 4.69) is 30.3 Å². The Morgan fingerprint density at radius 3 is 2.44 bits per heavy atom. The van der Waals surface area contributed by atoms with Gasteiger partial charge in [-0.1, -0.05) is 48.0 Å². The molecule has 2 nitrogen and oxygen atoms in total. The molecule has 0 bridgehead atoms. The van der Waals surface area contributed by atoms with Gasteiger partial charge in [-0.05, 0) is 67.7 Å². The fraction of sp³-hybridized carbons (Fsp3) is 0.304. The summed E-state index contributed by atoms with van der Waals surface area (Å²) in [7, 11) is 0. The Morgan fingerprint density at radius 1 is 1.11 bits per heavy atom. The Balaban J connectivity index is 1.75. The Labute approximate surface area is 165 Å². The molecule has 142 valence electrons. The maximum atomic E-state index is 14.7. The topological polar surface area (TPSA) is 21.3 Å². The molecule has 0 spiro atoms. The van der Waals surface area contributed by atoms with Crippen LogP contribution in [0.15, 0.2) is 61.3 Å². The van der Waals surface area contributed by atoms with Crippen LogP contribution in [0.1, 0.15) is 44.1 Å². The van der Waals surface area contributed by atoms with Crippen LogP contribution in [0.5, 0.6) is 5.75 Å². The minimum atomic E-state index is -0.476. The molecule has 0 aliphatic heterocycles. The van der Waals surface area contributed by atoms with Crippen molar-refractivity contribution in [3.05, 3.63) is 77.7 Å². The normalized spacial score (nSPS) is 19.8. The fourth-order valence-electron chi connectivity index (χ4n) is 3.62. The molecule has 0 amide bonds. The highest BCUT2D eigenvalue weighted by Crippen LogP contribution is 2.38. The Bertz CT molecular complexity index is 808. The first-order valence-electron chi connectivity index (χ1n) is 9.38. The molecule has 1 aliphatic rings. The quantitative estimate of drug-likeness (QED) is 0.426. The van der Waals surface area contributed by atoms with Gasteiger partial charge >= 0.3 is 0 Å². The van der Waals surface area contributed by atoms with E-state index in [-0.39, 0.29) is 10.8 Å². The van der Waals surface area contributed by atoms with Gasteiger partial charge in [0.25, 0.3) is 0 Å². The predicted octanol–water partition coefficient (Wildman–Crippen LogP) is 7.02. The van der Waals surface area contributed by atoms with Crippen molar-refractivity contribution in [1.29, 1.82) is 0 Å². The Kier molecular flexibility index (Phi) is 6.57. The minimum absolute atomic E-state index is 0.0312. The van der Waals surface area contributed by atoms with Crippen LogP contribution in [0.3, 0.4) is 0 Å². The maximum absolute atomic E-state index is 14.7. The Morgan fingerprint density at radius 2 is 1.81 bits per heavy atom. The number of allylic oxidation sites excluding steroid dienone is 2. The van der Waals surface area contributed by atoms with Crippen LogP contribution >= 0.6 is 11.6 Å². The van der Waals surface area contributed by atoms with Crippen LogP contribution in [-0.4, -0.2) is 0 Å². The average molecular weight is 386 g/mol. The first-order valence-corrected chi connectivity index (χ1v) is 9.76. The summed E-state index contributed by atoms with van der Waals surface area (Å²) in [5, 5.41) is -0.0312. The molecule has 0 saturated heterocycles. The number of benzene rings is 2. The van der Waals surface area contributed by atoms with Crippen molar-refractivity contribution in [3.8, 4) is 16.9 Å². The minimum Gasteiger partial charge on any atom is -0.381 e. The lowest BCUT2D eigenvalue weighted by Gasteiger charge is -2.27. The van der Waals surface area contributed by atoms with E-state index in [0.29, 0.717) is 17.4 Å². The lowest BCUT2D eigenvalue weighted by atomic mass is 9.78. The average Bonchev–Trinajstić information content (AvgIpc) is 2.72. The van der Waals surface area contributed by atoms with E-state index >= 15 is 0 Å². The molecule has 27 heavy (non-hydrogen) atoms. The molecular formula is C23H25ClFNO. The van der Waals surface area contributed by atoms with Gasteiger partial charge in [-0.2, -0.15) is 0 Å². The number of hydroxylamine groups is 1. The summed E-state index contributed by atoms with van der Waals surface area (Å²) in [6.07, 6.45) is 10.2. The third-order valence-corrected chi connectivity index (χ3v) is 5.60. The molecule has 1 N–H and O–H groups in total. The molecule has 2 aromatic rings. The van der Waals surface area contributed by atoms with E-state index in [1.807, 2.05) is 19.1 Å². The fourth-order valence-corrected chi connectivity index (χ4v) is 3.83. The smallest absolute Gasteiger partial charge is 0.176 e. The van der Waals surface area contributed by atoms with Crippen LogP contribution in [0.25, 0.3) is 11.1 Å². The van der Waals surface area contributed by atoms with Gasteiger partial charge in [0.15, 0.2) is 11.6 Å². The third-order valence-electron chi connectivity index (χ3n) is 5.25.